The molecular weight excluding hydrogens is 472 g/mol. The average molecular weight is 497 g/mol. The van der Waals surface area contributed by atoms with Crippen LogP contribution in [0.5, 0.6) is 0 Å². The van der Waals surface area contributed by atoms with E-state index in [1.54, 1.807) is 19.9 Å². The summed E-state index contributed by atoms with van der Waals surface area (Å²) >= 11 is 2.68. The van der Waals surface area contributed by atoms with Crippen LogP contribution in [0, 0.1) is 0 Å². The quantitative estimate of drug-likeness (QED) is 0.453. The Morgan fingerprint density at radius 3 is 2.31 bits per heavy atom. The third kappa shape index (κ3) is 5.26. The van der Waals surface area contributed by atoms with Crippen molar-refractivity contribution in [2.75, 3.05) is 44.0 Å². The standard InChI is InChI=1S/C20H24N4O5S3/c1-5-24(6-2)32(27,28)14-9-7-13(8-10-14)21-17(25)12-29-19(26)16-11-15-18(30-16)22-20(31-15)23(3)4/h7-11H,5-6,12H2,1-4H3,(H,21,25). The number of aromatic nitrogens is 1. The number of carbonyl (C=O) groups excluding carboxylic acids is 2. The molecule has 0 saturated heterocycles. The molecule has 0 bridgehead atoms. The highest BCUT2D eigenvalue weighted by Gasteiger charge is 2.21. The first-order valence-corrected chi connectivity index (χ1v) is 12.9. The summed E-state index contributed by atoms with van der Waals surface area (Å²) in [5.41, 5.74) is 0.404. The molecule has 0 saturated carbocycles. The predicted molar refractivity (Wildman–Crippen MR) is 127 cm³/mol. The fraction of sp³-hybridized carbons (Fsp3) is 0.350. The van der Waals surface area contributed by atoms with Crippen molar-refractivity contribution in [1.29, 1.82) is 0 Å². The second kappa shape index (κ2) is 9.94. The van der Waals surface area contributed by atoms with Crippen LogP contribution >= 0.6 is 22.7 Å². The van der Waals surface area contributed by atoms with Gasteiger partial charge in [-0.2, -0.15) is 4.31 Å². The van der Waals surface area contributed by atoms with Crippen LogP contribution in [0.1, 0.15) is 23.5 Å². The minimum Gasteiger partial charge on any atom is -0.451 e. The van der Waals surface area contributed by atoms with E-state index in [1.165, 1.54) is 51.2 Å². The number of sulfonamides is 1. The molecule has 0 aliphatic heterocycles. The van der Waals surface area contributed by atoms with Gasteiger partial charge in [0.25, 0.3) is 5.91 Å². The lowest BCUT2D eigenvalue weighted by atomic mass is 10.3. The average Bonchev–Trinajstić information content (AvgIpc) is 3.33. The third-order valence-electron chi connectivity index (χ3n) is 4.48. The molecule has 0 unspecified atom stereocenters. The van der Waals surface area contributed by atoms with Crippen molar-refractivity contribution in [2.24, 2.45) is 0 Å². The summed E-state index contributed by atoms with van der Waals surface area (Å²) in [6.07, 6.45) is 0. The number of thiazole rings is 1. The van der Waals surface area contributed by atoms with Gasteiger partial charge in [-0.25, -0.2) is 18.2 Å². The molecule has 0 radical (unpaired) electrons. The van der Waals surface area contributed by atoms with Crippen molar-refractivity contribution in [2.45, 2.75) is 18.7 Å². The van der Waals surface area contributed by atoms with E-state index in [2.05, 4.69) is 10.3 Å². The van der Waals surface area contributed by atoms with E-state index in [0.717, 1.165) is 14.7 Å². The Balaban J connectivity index is 1.56. The zero-order valence-corrected chi connectivity index (χ0v) is 20.6. The van der Waals surface area contributed by atoms with E-state index in [1.807, 2.05) is 19.0 Å². The highest BCUT2D eigenvalue weighted by molar-refractivity contribution is 7.89. The molecule has 2 heterocycles. The maximum atomic E-state index is 12.5. The summed E-state index contributed by atoms with van der Waals surface area (Å²) in [4.78, 5) is 32.0. The second-order valence-electron chi connectivity index (χ2n) is 6.91. The maximum absolute atomic E-state index is 12.5. The van der Waals surface area contributed by atoms with Gasteiger partial charge in [-0.1, -0.05) is 25.2 Å². The van der Waals surface area contributed by atoms with Gasteiger partial charge < -0.3 is 15.0 Å². The van der Waals surface area contributed by atoms with Crippen LogP contribution in [-0.4, -0.2) is 63.4 Å². The molecule has 0 spiro atoms. The van der Waals surface area contributed by atoms with E-state index in [-0.39, 0.29) is 4.90 Å². The zero-order valence-electron chi connectivity index (χ0n) is 18.1. The summed E-state index contributed by atoms with van der Waals surface area (Å²) in [7, 11) is 0.226. The highest BCUT2D eigenvalue weighted by atomic mass is 32.2. The molecule has 1 N–H and O–H groups in total. The van der Waals surface area contributed by atoms with Gasteiger partial charge in [0.2, 0.25) is 10.0 Å². The van der Waals surface area contributed by atoms with Crippen molar-refractivity contribution in [1.82, 2.24) is 9.29 Å². The summed E-state index contributed by atoms with van der Waals surface area (Å²) in [5, 5.41) is 3.44. The number of hydrogen-bond acceptors (Lipinski definition) is 9. The van der Waals surface area contributed by atoms with E-state index in [4.69, 9.17) is 4.74 Å². The fourth-order valence-corrected chi connectivity index (χ4v) is 6.32. The van der Waals surface area contributed by atoms with Gasteiger partial charge in [0.15, 0.2) is 11.7 Å². The smallest absolute Gasteiger partial charge is 0.348 e. The molecule has 3 rings (SSSR count). The monoisotopic (exact) mass is 496 g/mol. The molecule has 32 heavy (non-hydrogen) atoms. The molecule has 0 aliphatic rings. The van der Waals surface area contributed by atoms with E-state index in [9.17, 15) is 18.0 Å². The molecule has 3 aromatic rings. The number of hydrogen-bond donors (Lipinski definition) is 1. The minimum absolute atomic E-state index is 0.148. The molecule has 0 atom stereocenters. The minimum atomic E-state index is -3.57. The number of thiophene rings is 1. The van der Waals surface area contributed by atoms with Crippen LogP contribution in [0.4, 0.5) is 10.8 Å². The van der Waals surface area contributed by atoms with Crippen molar-refractivity contribution >= 4 is 64.9 Å². The Morgan fingerprint density at radius 2 is 1.75 bits per heavy atom. The van der Waals surface area contributed by atoms with Crippen LogP contribution in [0.15, 0.2) is 35.2 Å². The summed E-state index contributed by atoms with van der Waals surface area (Å²) in [5.74, 6) is -1.12. The number of anilines is 2. The first-order valence-electron chi connectivity index (χ1n) is 9.80. The van der Waals surface area contributed by atoms with Gasteiger partial charge in [-0.3, -0.25) is 4.79 Å². The van der Waals surface area contributed by atoms with Crippen LogP contribution in [0.25, 0.3) is 9.53 Å². The fourth-order valence-electron chi connectivity index (χ4n) is 2.84. The Hall–Kier alpha value is -2.54. The normalized spacial score (nSPS) is 11.7. The molecular formula is C20H24N4O5S3. The van der Waals surface area contributed by atoms with Crippen LogP contribution in [0.2, 0.25) is 0 Å². The Kier molecular flexibility index (Phi) is 7.49. The van der Waals surface area contributed by atoms with E-state index in [0.29, 0.717) is 23.7 Å². The lowest BCUT2D eigenvalue weighted by molar-refractivity contribution is -0.119. The Bertz CT molecular complexity index is 1180. The first kappa shape index (κ1) is 24.1. The molecule has 172 valence electrons. The predicted octanol–water partition coefficient (Wildman–Crippen LogP) is 3.25. The van der Waals surface area contributed by atoms with Crippen molar-refractivity contribution in [3.8, 4) is 0 Å². The summed E-state index contributed by atoms with van der Waals surface area (Å²) in [6.45, 7) is 3.83. The second-order valence-corrected chi connectivity index (χ2v) is 10.9. The van der Waals surface area contributed by atoms with Gasteiger partial charge in [0, 0.05) is 32.9 Å². The highest BCUT2D eigenvalue weighted by Crippen LogP contribution is 2.34. The molecule has 1 aromatic carbocycles. The summed E-state index contributed by atoms with van der Waals surface area (Å²) in [6, 6.07) is 7.57. The molecule has 2 aromatic heterocycles. The van der Waals surface area contributed by atoms with Gasteiger partial charge in [0.1, 0.15) is 9.71 Å². The molecule has 0 aliphatic carbocycles. The van der Waals surface area contributed by atoms with Gasteiger partial charge in [-0.05, 0) is 30.3 Å². The Morgan fingerprint density at radius 1 is 1.09 bits per heavy atom. The molecule has 1 amide bonds. The number of esters is 1. The zero-order chi connectivity index (χ0) is 23.5. The van der Waals surface area contributed by atoms with Gasteiger partial charge >= 0.3 is 5.97 Å². The maximum Gasteiger partial charge on any atom is 0.348 e. The van der Waals surface area contributed by atoms with Crippen molar-refractivity contribution in [3.05, 3.63) is 35.2 Å². The topological polar surface area (TPSA) is 109 Å². The molecule has 0 fully saturated rings. The van der Waals surface area contributed by atoms with Crippen molar-refractivity contribution in [3.63, 3.8) is 0 Å². The number of fused-ring (bicyclic) bond motifs is 1. The third-order valence-corrected chi connectivity index (χ3v) is 8.85. The van der Waals surface area contributed by atoms with E-state index >= 15 is 0 Å². The lowest BCUT2D eigenvalue weighted by Crippen LogP contribution is -2.30. The lowest BCUT2D eigenvalue weighted by Gasteiger charge is -2.18. The van der Waals surface area contributed by atoms with Crippen LogP contribution in [0.3, 0.4) is 0 Å². The summed E-state index contributed by atoms with van der Waals surface area (Å²) < 4.78 is 32.4. The number of nitrogens with zero attached hydrogens (tertiary/aromatic N) is 3. The number of nitrogens with one attached hydrogen (secondary N) is 1. The number of ether oxygens (including phenoxy) is 1. The number of amides is 1. The largest absolute Gasteiger partial charge is 0.451 e. The Labute approximate surface area is 194 Å². The number of carbonyl (C=O) groups is 2. The SMILES string of the molecule is CCN(CC)S(=O)(=O)c1ccc(NC(=O)COC(=O)c2cc3sc(N(C)C)nc3s2)cc1. The van der Waals surface area contributed by atoms with Crippen LogP contribution in [-0.2, 0) is 19.6 Å². The molecule has 9 nitrogen and oxygen atoms in total. The van der Waals surface area contributed by atoms with Crippen molar-refractivity contribution < 1.29 is 22.7 Å². The van der Waals surface area contributed by atoms with E-state index < -0.39 is 28.5 Å². The molecule has 12 heteroatoms. The number of benzene rings is 1. The van der Waals surface area contributed by atoms with Gasteiger partial charge in [-0.15, -0.1) is 11.3 Å². The number of rotatable bonds is 9. The van der Waals surface area contributed by atoms with Crippen LogP contribution < -0.4 is 10.2 Å². The first-order chi connectivity index (χ1) is 15.1. The van der Waals surface area contributed by atoms with Gasteiger partial charge in [0.05, 0.1) is 9.60 Å².